The molecule has 0 saturated carbocycles. The SMILES string of the molecule is N#C/C(=C\c1ccccc1[N+](=O)[O-])S(=O)(=O)c1ccc(F)cc1. The predicted molar refractivity (Wildman–Crippen MR) is 80.3 cm³/mol. The Morgan fingerprint density at radius 3 is 2.35 bits per heavy atom. The molecule has 0 spiro atoms. The highest BCUT2D eigenvalue weighted by molar-refractivity contribution is 7.95. The third-order valence-corrected chi connectivity index (χ3v) is 4.62. The van der Waals surface area contributed by atoms with E-state index in [0.717, 1.165) is 30.3 Å². The molecule has 0 unspecified atom stereocenters. The number of rotatable bonds is 4. The van der Waals surface area contributed by atoms with Gasteiger partial charge in [0.1, 0.15) is 16.8 Å². The second-order valence-corrected chi connectivity index (χ2v) is 6.31. The maximum atomic E-state index is 12.9. The quantitative estimate of drug-likeness (QED) is 0.370. The van der Waals surface area contributed by atoms with Crippen molar-refractivity contribution in [3.63, 3.8) is 0 Å². The molecule has 0 fully saturated rings. The molecule has 0 N–H and O–H groups in total. The fraction of sp³-hybridized carbons (Fsp3) is 0. The van der Waals surface area contributed by atoms with Crippen LogP contribution in [0.2, 0.25) is 0 Å². The highest BCUT2D eigenvalue weighted by atomic mass is 32.2. The molecule has 6 nitrogen and oxygen atoms in total. The summed E-state index contributed by atoms with van der Waals surface area (Å²) in [6.07, 6.45) is 0.927. The van der Waals surface area contributed by atoms with Gasteiger partial charge in [0.2, 0.25) is 9.84 Å². The number of nitro groups is 1. The van der Waals surface area contributed by atoms with Crippen molar-refractivity contribution in [2.24, 2.45) is 0 Å². The number of nitriles is 1. The maximum absolute atomic E-state index is 12.9. The van der Waals surface area contributed by atoms with E-state index in [-0.39, 0.29) is 16.1 Å². The van der Waals surface area contributed by atoms with Crippen LogP contribution in [-0.2, 0) is 9.84 Å². The normalized spacial score (nSPS) is 11.7. The van der Waals surface area contributed by atoms with Crippen LogP contribution < -0.4 is 0 Å². The fourth-order valence-electron chi connectivity index (χ4n) is 1.83. The van der Waals surface area contributed by atoms with E-state index in [4.69, 9.17) is 5.26 Å². The Hall–Kier alpha value is -3.05. The topological polar surface area (TPSA) is 101 Å². The van der Waals surface area contributed by atoms with E-state index in [0.29, 0.717) is 0 Å². The number of nitro benzene ring substituents is 1. The summed E-state index contributed by atoms with van der Waals surface area (Å²) >= 11 is 0. The summed E-state index contributed by atoms with van der Waals surface area (Å²) in [5.41, 5.74) is -0.339. The minimum absolute atomic E-state index is 0.0141. The Morgan fingerprint density at radius 1 is 1.17 bits per heavy atom. The number of halogens is 1. The highest BCUT2D eigenvalue weighted by Gasteiger charge is 2.22. The molecular formula is C15H9FN2O4S. The summed E-state index contributed by atoms with van der Waals surface area (Å²) in [6.45, 7) is 0. The van der Waals surface area contributed by atoms with Crippen molar-refractivity contribution < 1.29 is 17.7 Å². The second kappa shape index (κ2) is 6.37. The number of benzene rings is 2. The van der Waals surface area contributed by atoms with Crippen LogP contribution in [0.25, 0.3) is 6.08 Å². The number of hydrogen-bond acceptors (Lipinski definition) is 5. The molecule has 2 aromatic rings. The molecule has 0 aliphatic heterocycles. The number of para-hydroxylation sites is 1. The first-order chi connectivity index (χ1) is 10.9. The molecule has 0 amide bonds. The van der Waals surface area contributed by atoms with Crippen molar-refractivity contribution in [3.8, 4) is 6.07 Å². The van der Waals surface area contributed by atoms with Gasteiger partial charge in [0.25, 0.3) is 5.69 Å². The maximum Gasteiger partial charge on any atom is 0.276 e. The first kappa shape index (κ1) is 16.3. The van der Waals surface area contributed by atoms with Crippen LogP contribution in [0.4, 0.5) is 10.1 Å². The minimum atomic E-state index is -4.20. The molecule has 0 atom stereocenters. The van der Waals surface area contributed by atoms with Gasteiger partial charge in [0, 0.05) is 6.07 Å². The molecule has 0 aromatic heterocycles. The van der Waals surface area contributed by atoms with Crippen molar-refractivity contribution in [3.05, 3.63) is 74.9 Å². The average molecular weight is 332 g/mol. The summed E-state index contributed by atoms with van der Waals surface area (Å²) in [6, 6.07) is 10.9. The lowest BCUT2D eigenvalue weighted by Crippen LogP contribution is -2.04. The molecule has 0 aliphatic rings. The van der Waals surface area contributed by atoms with Gasteiger partial charge in [0.15, 0.2) is 0 Å². The Labute approximate surface area is 131 Å². The summed E-state index contributed by atoms with van der Waals surface area (Å²) in [4.78, 5) is 9.33. The monoisotopic (exact) mass is 332 g/mol. The lowest BCUT2D eigenvalue weighted by molar-refractivity contribution is -0.385. The first-order valence-electron chi connectivity index (χ1n) is 6.22. The molecule has 0 saturated heterocycles. The Balaban J connectivity index is 2.58. The Morgan fingerprint density at radius 2 is 1.78 bits per heavy atom. The van der Waals surface area contributed by atoms with Crippen LogP contribution in [0.5, 0.6) is 0 Å². The van der Waals surface area contributed by atoms with Gasteiger partial charge in [-0.15, -0.1) is 0 Å². The third kappa shape index (κ3) is 3.41. The van der Waals surface area contributed by atoms with Gasteiger partial charge < -0.3 is 0 Å². The van der Waals surface area contributed by atoms with Gasteiger partial charge in [-0.2, -0.15) is 5.26 Å². The van der Waals surface area contributed by atoms with Crippen LogP contribution in [-0.4, -0.2) is 13.3 Å². The first-order valence-corrected chi connectivity index (χ1v) is 7.70. The van der Waals surface area contributed by atoms with Gasteiger partial charge in [-0.3, -0.25) is 10.1 Å². The van der Waals surface area contributed by atoms with E-state index in [2.05, 4.69) is 0 Å². The summed E-state index contributed by atoms with van der Waals surface area (Å²) in [5.74, 6) is -0.620. The number of allylic oxidation sites excluding steroid dienone is 1. The average Bonchev–Trinajstić information content (AvgIpc) is 2.53. The van der Waals surface area contributed by atoms with Crippen LogP contribution in [0.3, 0.4) is 0 Å². The lowest BCUT2D eigenvalue weighted by Gasteiger charge is -2.03. The van der Waals surface area contributed by atoms with Crippen molar-refractivity contribution in [1.29, 1.82) is 5.26 Å². The molecule has 2 rings (SSSR count). The minimum Gasteiger partial charge on any atom is -0.258 e. The number of nitrogens with zero attached hydrogens (tertiary/aromatic N) is 2. The van der Waals surface area contributed by atoms with Gasteiger partial charge in [-0.05, 0) is 36.4 Å². The predicted octanol–water partition coefficient (Wildman–Crippen LogP) is 3.07. The smallest absolute Gasteiger partial charge is 0.258 e. The van der Waals surface area contributed by atoms with E-state index >= 15 is 0 Å². The summed E-state index contributed by atoms with van der Waals surface area (Å²) in [5, 5.41) is 20.1. The number of hydrogen-bond donors (Lipinski definition) is 0. The van der Waals surface area contributed by atoms with E-state index < -0.39 is 25.5 Å². The second-order valence-electron chi connectivity index (χ2n) is 4.39. The largest absolute Gasteiger partial charge is 0.276 e. The van der Waals surface area contributed by atoms with Crippen LogP contribution in [0.15, 0.2) is 58.3 Å². The zero-order valence-electron chi connectivity index (χ0n) is 11.5. The van der Waals surface area contributed by atoms with E-state index in [1.807, 2.05) is 0 Å². The standard InChI is InChI=1S/C15H9FN2O4S/c16-12-5-7-13(8-6-12)23(21,22)14(10-17)9-11-3-1-2-4-15(11)18(19)20/h1-9H/b14-9+. The zero-order valence-corrected chi connectivity index (χ0v) is 12.3. The van der Waals surface area contributed by atoms with Crippen molar-refractivity contribution in [2.75, 3.05) is 0 Å². The van der Waals surface area contributed by atoms with Crippen molar-refractivity contribution in [2.45, 2.75) is 4.90 Å². The molecule has 8 heteroatoms. The molecular weight excluding hydrogens is 323 g/mol. The van der Waals surface area contributed by atoms with Crippen molar-refractivity contribution in [1.82, 2.24) is 0 Å². The number of sulfone groups is 1. The fourth-order valence-corrected chi connectivity index (χ4v) is 2.98. The van der Waals surface area contributed by atoms with Crippen LogP contribution in [0.1, 0.15) is 5.56 Å². The molecule has 0 heterocycles. The summed E-state index contributed by atoms with van der Waals surface area (Å²) in [7, 11) is -4.20. The van der Waals surface area contributed by atoms with Gasteiger partial charge in [-0.1, -0.05) is 12.1 Å². The molecule has 0 bridgehead atoms. The van der Waals surface area contributed by atoms with E-state index in [9.17, 15) is 22.9 Å². The molecule has 2 aromatic carbocycles. The van der Waals surface area contributed by atoms with E-state index in [1.54, 1.807) is 0 Å². The van der Waals surface area contributed by atoms with E-state index in [1.165, 1.54) is 30.3 Å². The Bertz CT molecular complexity index is 929. The molecule has 23 heavy (non-hydrogen) atoms. The third-order valence-electron chi connectivity index (χ3n) is 2.94. The zero-order chi connectivity index (χ0) is 17.0. The lowest BCUT2D eigenvalue weighted by atomic mass is 10.1. The van der Waals surface area contributed by atoms with Crippen LogP contribution in [0, 0.1) is 27.3 Å². The van der Waals surface area contributed by atoms with Crippen molar-refractivity contribution >= 4 is 21.6 Å². The summed E-state index contributed by atoms with van der Waals surface area (Å²) < 4.78 is 37.7. The highest BCUT2D eigenvalue weighted by Crippen LogP contribution is 2.25. The van der Waals surface area contributed by atoms with Crippen LogP contribution >= 0.6 is 0 Å². The van der Waals surface area contributed by atoms with Gasteiger partial charge in [-0.25, -0.2) is 12.8 Å². The molecule has 0 aliphatic carbocycles. The molecule has 0 radical (unpaired) electrons. The van der Waals surface area contributed by atoms with Gasteiger partial charge >= 0.3 is 0 Å². The Kier molecular flexibility index (Phi) is 4.52. The van der Waals surface area contributed by atoms with Gasteiger partial charge in [0.05, 0.1) is 15.4 Å². The molecule has 116 valence electrons.